The molecule has 1 fully saturated rings. The van der Waals surface area contributed by atoms with Gasteiger partial charge in [-0.3, -0.25) is 4.98 Å². The van der Waals surface area contributed by atoms with Gasteiger partial charge in [0.15, 0.2) is 0 Å². The van der Waals surface area contributed by atoms with E-state index in [0.717, 1.165) is 51.9 Å². The standard InChI is InChI=1S/C24H26F2N4O4/c1-13-21(14(2)34-29-13)17-10-18-16(11-20(17)31-3)22-19(12-27-18)28-23(15-4-7-32-8-5-15)30(22)6-9-33-24(25)26/h10-12,15,24H,4-9H2,1-3H3. The average molecular weight is 472 g/mol. The Morgan fingerprint density at radius 1 is 1.18 bits per heavy atom. The number of aryl methyl sites for hydroxylation is 2. The molecule has 0 spiro atoms. The van der Waals surface area contributed by atoms with Crippen LogP contribution in [0.3, 0.4) is 0 Å². The Balaban J connectivity index is 1.71. The van der Waals surface area contributed by atoms with Gasteiger partial charge in [0, 0.05) is 36.6 Å². The smallest absolute Gasteiger partial charge is 0.345 e. The van der Waals surface area contributed by atoms with Crippen LogP contribution in [0.25, 0.3) is 33.1 Å². The van der Waals surface area contributed by atoms with Crippen LogP contribution in [0.5, 0.6) is 5.75 Å². The van der Waals surface area contributed by atoms with Crippen molar-refractivity contribution in [2.24, 2.45) is 0 Å². The lowest BCUT2D eigenvalue weighted by Gasteiger charge is -2.23. The van der Waals surface area contributed by atoms with Crippen LogP contribution in [0.2, 0.25) is 0 Å². The molecule has 1 aromatic carbocycles. The molecule has 8 nitrogen and oxygen atoms in total. The van der Waals surface area contributed by atoms with Gasteiger partial charge in [-0.25, -0.2) is 4.98 Å². The van der Waals surface area contributed by atoms with E-state index < -0.39 is 6.61 Å². The highest BCUT2D eigenvalue weighted by Gasteiger charge is 2.25. The Hall–Kier alpha value is -3.11. The molecule has 0 N–H and O–H groups in total. The predicted molar refractivity (Wildman–Crippen MR) is 121 cm³/mol. The second-order valence-electron chi connectivity index (χ2n) is 8.40. The van der Waals surface area contributed by atoms with Crippen LogP contribution in [0, 0.1) is 13.8 Å². The third-order valence-corrected chi connectivity index (χ3v) is 6.37. The molecule has 0 saturated carbocycles. The van der Waals surface area contributed by atoms with Crippen molar-refractivity contribution in [3.05, 3.63) is 35.6 Å². The Morgan fingerprint density at radius 2 is 1.97 bits per heavy atom. The number of alkyl halides is 2. The van der Waals surface area contributed by atoms with Gasteiger partial charge in [0.1, 0.15) is 22.9 Å². The maximum Gasteiger partial charge on any atom is 0.345 e. The Bertz CT molecular complexity index is 1310. The van der Waals surface area contributed by atoms with Crippen molar-refractivity contribution in [1.82, 2.24) is 19.7 Å². The van der Waals surface area contributed by atoms with Crippen molar-refractivity contribution >= 4 is 21.9 Å². The molecule has 0 amide bonds. The monoisotopic (exact) mass is 472 g/mol. The molecule has 1 saturated heterocycles. The van der Waals surface area contributed by atoms with Crippen molar-refractivity contribution < 1.29 is 27.5 Å². The minimum atomic E-state index is -2.82. The van der Waals surface area contributed by atoms with Crippen LogP contribution in [0.4, 0.5) is 8.78 Å². The number of benzene rings is 1. The molecule has 0 unspecified atom stereocenters. The maximum atomic E-state index is 12.7. The molecular formula is C24H26F2N4O4. The largest absolute Gasteiger partial charge is 0.496 e. The van der Waals surface area contributed by atoms with Crippen LogP contribution >= 0.6 is 0 Å². The molecule has 180 valence electrons. The number of rotatable bonds is 7. The van der Waals surface area contributed by atoms with Crippen molar-refractivity contribution in [3.8, 4) is 16.9 Å². The van der Waals surface area contributed by atoms with E-state index in [2.05, 4.69) is 14.9 Å². The van der Waals surface area contributed by atoms with Crippen LogP contribution in [0.15, 0.2) is 22.9 Å². The molecular weight excluding hydrogens is 446 g/mol. The van der Waals surface area contributed by atoms with Gasteiger partial charge in [0.2, 0.25) is 0 Å². The first-order chi connectivity index (χ1) is 16.5. The highest BCUT2D eigenvalue weighted by atomic mass is 19.3. The molecule has 4 heterocycles. The predicted octanol–water partition coefficient (Wildman–Crippen LogP) is 5.00. The number of hydrogen-bond donors (Lipinski definition) is 0. The quantitative estimate of drug-likeness (QED) is 0.374. The third kappa shape index (κ3) is 4.01. The summed E-state index contributed by atoms with van der Waals surface area (Å²) in [5.74, 6) is 2.35. The zero-order chi connectivity index (χ0) is 23.8. The summed E-state index contributed by atoms with van der Waals surface area (Å²) in [6.07, 6.45) is 3.38. The van der Waals surface area contributed by atoms with E-state index in [4.69, 9.17) is 19.0 Å². The second kappa shape index (κ2) is 9.27. The molecule has 1 aliphatic heterocycles. The number of halogens is 2. The van der Waals surface area contributed by atoms with Gasteiger partial charge < -0.3 is 23.3 Å². The third-order valence-electron chi connectivity index (χ3n) is 6.37. The van der Waals surface area contributed by atoms with E-state index >= 15 is 0 Å². The molecule has 34 heavy (non-hydrogen) atoms. The molecule has 10 heteroatoms. The Morgan fingerprint density at radius 3 is 2.65 bits per heavy atom. The fourth-order valence-corrected chi connectivity index (χ4v) is 4.82. The van der Waals surface area contributed by atoms with E-state index in [1.165, 1.54) is 0 Å². The lowest BCUT2D eigenvalue weighted by atomic mass is 9.99. The molecule has 3 aromatic heterocycles. The van der Waals surface area contributed by atoms with Crippen LogP contribution in [0.1, 0.15) is 36.0 Å². The zero-order valence-electron chi connectivity index (χ0n) is 19.3. The summed E-state index contributed by atoms with van der Waals surface area (Å²) >= 11 is 0. The lowest BCUT2D eigenvalue weighted by molar-refractivity contribution is -0.130. The highest BCUT2D eigenvalue weighted by molar-refractivity contribution is 6.05. The normalized spacial score (nSPS) is 15.1. The fraction of sp³-hybridized carbons (Fsp3) is 0.458. The summed E-state index contributed by atoms with van der Waals surface area (Å²) in [5.41, 5.74) is 4.72. The van der Waals surface area contributed by atoms with Gasteiger partial charge in [-0.2, -0.15) is 8.78 Å². The molecule has 0 radical (unpaired) electrons. The number of nitrogens with zero attached hydrogens (tertiary/aromatic N) is 4. The van der Waals surface area contributed by atoms with Gasteiger partial charge >= 0.3 is 6.61 Å². The second-order valence-corrected chi connectivity index (χ2v) is 8.40. The number of aromatic nitrogens is 4. The summed E-state index contributed by atoms with van der Waals surface area (Å²) in [7, 11) is 1.61. The van der Waals surface area contributed by atoms with Crippen molar-refractivity contribution in [2.75, 3.05) is 26.9 Å². The topological polar surface area (TPSA) is 84.4 Å². The van der Waals surface area contributed by atoms with E-state index in [9.17, 15) is 8.78 Å². The van der Waals surface area contributed by atoms with E-state index in [-0.39, 0.29) is 19.1 Å². The number of fused-ring (bicyclic) bond motifs is 3. The van der Waals surface area contributed by atoms with Crippen molar-refractivity contribution in [1.29, 1.82) is 0 Å². The molecule has 4 aromatic rings. The lowest BCUT2D eigenvalue weighted by Crippen LogP contribution is -2.19. The summed E-state index contributed by atoms with van der Waals surface area (Å²) in [6.45, 7) is 2.33. The Kier molecular flexibility index (Phi) is 6.18. The first-order valence-electron chi connectivity index (χ1n) is 11.3. The molecule has 0 bridgehead atoms. The van der Waals surface area contributed by atoms with Crippen LogP contribution in [-0.4, -0.2) is 53.2 Å². The van der Waals surface area contributed by atoms with Gasteiger partial charge in [0.25, 0.3) is 0 Å². The number of pyridine rings is 1. The van der Waals surface area contributed by atoms with E-state index in [1.54, 1.807) is 13.3 Å². The minimum Gasteiger partial charge on any atom is -0.496 e. The molecule has 0 atom stereocenters. The molecule has 5 rings (SSSR count). The van der Waals surface area contributed by atoms with Crippen molar-refractivity contribution in [3.63, 3.8) is 0 Å². The number of imidazole rings is 1. The van der Waals surface area contributed by atoms with Crippen LogP contribution < -0.4 is 4.74 Å². The number of ether oxygens (including phenoxy) is 3. The summed E-state index contributed by atoms with van der Waals surface area (Å²) in [5, 5.41) is 4.89. The highest BCUT2D eigenvalue weighted by Crippen LogP contribution is 2.40. The maximum absolute atomic E-state index is 12.7. The first-order valence-corrected chi connectivity index (χ1v) is 11.3. The minimum absolute atomic E-state index is 0.128. The van der Waals surface area contributed by atoms with Crippen molar-refractivity contribution in [2.45, 2.75) is 45.8 Å². The molecule has 0 aliphatic carbocycles. The molecule has 1 aliphatic rings. The Labute approximate surface area is 194 Å². The summed E-state index contributed by atoms with van der Waals surface area (Å²) in [4.78, 5) is 9.54. The number of methoxy groups -OCH3 is 1. The SMILES string of the molecule is COc1cc2c(cc1-c1c(C)noc1C)ncc1nc(C3CCOCC3)n(CCOC(F)F)c12. The van der Waals surface area contributed by atoms with Gasteiger partial charge in [-0.15, -0.1) is 0 Å². The first kappa shape index (κ1) is 22.7. The summed E-state index contributed by atoms with van der Waals surface area (Å²) < 4.78 is 48.7. The van der Waals surface area contributed by atoms with E-state index in [0.29, 0.717) is 30.2 Å². The van der Waals surface area contributed by atoms with Gasteiger partial charge in [0.05, 0.1) is 42.2 Å². The average Bonchev–Trinajstić information content (AvgIpc) is 3.38. The van der Waals surface area contributed by atoms with Crippen LogP contribution in [-0.2, 0) is 16.0 Å². The van der Waals surface area contributed by atoms with Gasteiger partial charge in [-0.1, -0.05) is 5.16 Å². The summed E-state index contributed by atoms with van der Waals surface area (Å²) in [6, 6.07) is 3.87. The zero-order valence-corrected chi connectivity index (χ0v) is 19.3. The fourth-order valence-electron chi connectivity index (χ4n) is 4.82. The van der Waals surface area contributed by atoms with E-state index in [1.807, 2.05) is 30.5 Å². The van der Waals surface area contributed by atoms with Gasteiger partial charge in [-0.05, 0) is 38.8 Å². The number of hydrogen-bond acceptors (Lipinski definition) is 7.